The van der Waals surface area contributed by atoms with Crippen molar-refractivity contribution in [1.29, 1.82) is 0 Å². The molecule has 0 atom stereocenters. The highest BCUT2D eigenvalue weighted by Crippen LogP contribution is 2.35. The van der Waals surface area contributed by atoms with Gasteiger partial charge >= 0.3 is 5.97 Å². The van der Waals surface area contributed by atoms with E-state index in [4.69, 9.17) is 38.4 Å². The first kappa shape index (κ1) is 22.1. The van der Waals surface area contributed by atoms with E-state index in [-0.39, 0.29) is 16.0 Å². The summed E-state index contributed by atoms with van der Waals surface area (Å²) in [6.45, 7) is -0.368. The summed E-state index contributed by atoms with van der Waals surface area (Å²) in [7, 11) is 1.48. The van der Waals surface area contributed by atoms with Gasteiger partial charge < -0.3 is 14.6 Å². The molecule has 0 radical (unpaired) electrons. The van der Waals surface area contributed by atoms with Gasteiger partial charge in [0.05, 0.1) is 17.0 Å². The monoisotopic (exact) mass is 467 g/mol. The van der Waals surface area contributed by atoms with Crippen molar-refractivity contribution in [3.63, 3.8) is 0 Å². The maximum Gasteiger partial charge on any atom is 0.323 e. The molecule has 156 valence electrons. The number of carbonyl (C=O) groups is 2. The third-order valence-corrected chi connectivity index (χ3v) is 5.78. The number of thiocarbonyl (C=S) groups is 1. The largest absolute Gasteiger partial charge is 0.493 e. The number of ether oxygens (including phenoxy) is 2. The Kier molecular flexibility index (Phi) is 6.96. The van der Waals surface area contributed by atoms with Crippen molar-refractivity contribution in [2.45, 2.75) is 6.61 Å². The fourth-order valence-corrected chi connectivity index (χ4v) is 4.09. The van der Waals surface area contributed by atoms with E-state index in [2.05, 4.69) is 0 Å². The maximum atomic E-state index is 13.2. The molecule has 0 aliphatic carbocycles. The van der Waals surface area contributed by atoms with Crippen LogP contribution in [0.5, 0.6) is 11.5 Å². The Bertz CT molecular complexity index is 1060. The molecule has 1 fully saturated rings. The van der Waals surface area contributed by atoms with Crippen molar-refractivity contribution in [2.75, 3.05) is 13.7 Å². The van der Waals surface area contributed by atoms with Gasteiger partial charge in [-0.05, 0) is 35.9 Å². The number of amides is 1. The summed E-state index contributed by atoms with van der Waals surface area (Å²) in [4.78, 5) is 24.6. The van der Waals surface area contributed by atoms with Crippen molar-refractivity contribution in [1.82, 2.24) is 4.90 Å². The Hall–Kier alpha value is -2.62. The SMILES string of the molecule is COc1cc(/C=C2\SC(=S)N(CC(=O)O)C2=O)ccc1OCc1ccc(F)cc1Cl. The minimum Gasteiger partial charge on any atom is -0.493 e. The Morgan fingerprint density at radius 3 is 2.73 bits per heavy atom. The molecule has 1 amide bonds. The van der Waals surface area contributed by atoms with Gasteiger partial charge in [-0.3, -0.25) is 14.5 Å². The summed E-state index contributed by atoms with van der Waals surface area (Å²) in [5, 5.41) is 9.17. The Labute approximate surface area is 186 Å². The lowest BCUT2D eigenvalue weighted by molar-refractivity contribution is -0.140. The zero-order valence-electron chi connectivity index (χ0n) is 15.6. The minimum absolute atomic E-state index is 0.114. The van der Waals surface area contributed by atoms with Gasteiger partial charge in [-0.1, -0.05) is 47.7 Å². The molecule has 0 aromatic heterocycles. The Balaban J connectivity index is 1.77. The third kappa shape index (κ3) is 5.10. The van der Waals surface area contributed by atoms with E-state index >= 15 is 0 Å². The Morgan fingerprint density at radius 2 is 2.07 bits per heavy atom. The number of halogens is 2. The number of hydrogen-bond acceptors (Lipinski definition) is 6. The molecular weight excluding hydrogens is 453 g/mol. The normalized spacial score (nSPS) is 15.0. The van der Waals surface area contributed by atoms with Crippen LogP contribution in [-0.4, -0.2) is 39.9 Å². The molecule has 30 heavy (non-hydrogen) atoms. The number of nitrogens with zero attached hydrogens (tertiary/aromatic N) is 1. The van der Waals surface area contributed by atoms with Gasteiger partial charge in [0.2, 0.25) is 0 Å². The summed E-state index contributed by atoms with van der Waals surface area (Å²) in [6, 6.07) is 9.10. The van der Waals surface area contributed by atoms with Crippen molar-refractivity contribution in [3.05, 3.63) is 63.3 Å². The minimum atomic E-state index is -1.14. The van der Waals surface area contributed by atoms with E-state index in [1.54, 1.807) is 24.3 Å². The second-order valence-electron chi connectivity index (χ2n) is 6.10. The second kappa shape index (κ2) is 9.46. The van der Waals surface area contributed by atoms with Gasteiger partial charge in [0, 0.05) is 5.56 Å². The van der Waals surface area contributed by atoms with Gasteiger partial charge in [-0.2, -0.15) is 0 Å². The highest BCUT2D eigenvalue weighted by atomic mass is 35.5. The van der Waals surface area contributed by atoms with Gasteiger partial charge in [-0.15, -0.1) is 0 Å². The molecule has 3 rings (SSSR count). The van der Waals surface area contributed by atoms with E-state index in [1.165, 1.54) is 25.3 Å². The summed E-state index contributed by atoms with van der Waals surface area (Å²) in [5.41, 5.74) is 1.26. The quantitative estimate of drug-likeness (QED) is 0.479. The number of carbonyl (C=O) groups excluding carboxylic acids is 1. The average molecular weight is 468 g/mol. The number of aliphatic carboxylic acids is 1. The van der Waals surface area contributed by atoms with Crippen molar-refractivity contribution < 1.29 is 28.6 Å². The van der Waals surface area contributed by atoms with Crippen LogP contribution in [0.3, 0.4) is 0 Å². The highest BCUT2D eigenvalue weighted by molar-refractivity contribution is 8.26. The number of rotatable bonds is 7. The molecule has 0 bridgehead atoms. The van der Waals surface area contributed by atoms with Crippen LogP contribution < -0.4 is 9.47 Å². The zero-order valence-corrected chi connectivity index (χ0v) is 17.9. The fourth-order valence-electron chi connectivity index (χ4n) is 2.61. The predicted molar refractivity (Wildman–Crippen MR) is 116 cm³/mol. The second-order valence-corrected chi connectivity index (χ2v) is 8.18. The first-order valence-corrected chi connectivity index (χ1v) is 10.1. The molecule has 0 spiro atoms. The van der Waals surface area contributed by atoms with Crippen LogP contribution in [0.2, 0.25) is 5.02 Å². The molecule has 1 aliphatic rings. The van der Waals surface area contributed by atoms with Gasteiger partial charge in [0.1, 0.15) is 23.3 Å². The van der Waals surface area contributed by atoms with E-state index in [1.807, 2.05) is 0 Å². The van der Waals surface area contributed by atoms with Crippen LogP contribution in [0.25, 0.3) is 6.08 Å². The number of benzene rings is 2. The van der Waals surface area contributed by atoms with Crippen LogP contribution in [0.4, 0.5) is 4.39 Å². The third-order valence-electron chi connectivity index (χ3n) is 4.05. The molecule has 0 unspecified atom stereocenters. The van der Waals surface area contributed by atoms with Crippen LogP contribution in [0.1, 0.15) is 11.1 Å². The first-order valence-electron chi connectivity index (χ1n) is 8.50. The van der Waals surface area contributed by atoms with E-state index in [0.29, 0.717) is 27.5 Å². The molecule has 1 heterocycles. The van der Waals surface area contributed by atoms with Crippen LogP contribution in [0.15, 0.2) is 41.3 Å². The van der Waals surface area contributed by atoms with Gasteiger partial charge in [-0.25, -0.2) is 4.39 Å². The Morgan fingerprint density at radius 1 is 1.30 bits per heavy atom. The number of methoxy groups -OCH3 is 1. The lowest BCUT2D eigenvalue weighted by Crippen LogP contribution is -2.33. The standard InChI is InChI=1S/C20H15ClFNO5S2/c1-27-16-6-11(7-17-19(26)23(9-18(24)25)20(29)30-17)2-5-15(16)28-10-12-3-4-13(22)8-14(12)21/h2-8H,9-10H2,1H3,(H,24,25)/b17-7-. The number of thioether (sulfide) groups is 1. The lowest BCUT2D eigenvalue weighted by atomic mass is 10.1. The van der Waals surface area contributed by atoms with E-state index in [9.17, 15) is 14.0 Å². The van der Waals surface area contributed by atoms with Gasteiger partial charge in [0.25, 0.3) is 5.91 Å². The highest BCUT2D eigenvalue weighted by Gasteiger charge is 2.33. The molecule has 1 N–H and O–H groups in total. The summed E-state index contributed by atoms with van der Waals surface area (Å²) in [5.74, 6) is -1.18. The summed E-state index contributed by atoms with van der Waals surface area (Å²) < 4.78 is 24.5. The molecule has 2 aromatic rings. The average Bonchev–Trinajstić information content (AvgIpc) is 2.95. The molecular formula is C20H15ClFNO5S2. The van der Waals surface area contributed by atoms with E-state index in [0.717, 1.165) is 16.7 Å². The smallest absolute Gasteiger partial charge is 0.323 e. The van der Waals surface area contributed by atoms with Crippen LogP contribution >= 0.6 is 35.6 Å². The molecule has 0 saturated carbocycles. The molecule has 10 heteroatoms. The van der Waals surface area contributed by atoms with Crippen LogP contribution in [0, 0.1) is 5.82 Å². The van der Waals surface area contributed by atoms with Crippen molar-refractivity contribution in [2.24, 2.45) is 0 Å². The van der Waals surface area contributed by atoms with Crippen molar-refractivity contribution in [3.8, 4) is 11.5 Å². The maximum absolute atomic E-state index is 13.2. The molecule has 6 nitrogen and oxygen atoms in total. The van der Waals surface area contributed by atoms with E-state index < -0.39 is 24.2 Å². The fraction of sp³-hybridized carbons (Fsp3) is 0.150. The zero-order chi connectivity index (χ0) is 21.8. The number of carboxylic acid groups (broad SMARTS) is 1. The van der Waals surface area contributed by atoms with Gasteiger partial charge in [0.15, 0.2) is 11.5 Å². The first-order chi connectivity index (χ1) is 14.3. The van der Waals surface area contributed by atoms with Crippen LogP contribution in [-0.2, 0) is 16.2 Å². The number of carboxylic acids is 1. The molecule has 1 saturated heterocycles. The topological polar surface area (TPSA) is 76.1 Å². The summed E-state index contributed by atoms with van der Waals surface area (Å²) in [6.07, 6.45) is 1.60. The molecule has 1 aliphatic heterocycles. The lowest BCUT2D eigenvalue weighted by Gasteiger charge is -2.12. The number of hydrogen-bond donors (Lipinski definition) is 1. The predicted octanol–water partition coefficient (Wildman–Crippen LogP) is 4.35. The van der Waals surface area contributed by atoms with Crippen molar-refractivity contribution >= 4 is 57.9 Å². The molecule has 2 aromatic carbocycles. The summed E-state index contributed by atoms with van der Waals surface area (Å²) >= 11 is 12.1.